The summed E-state index contributed by atoms with van der Waals surface area (Å²) in [5.41, 5.74) is 1.89. The Kier molecular flexibility index (Phi) is 5.04. The lowest BCUT2D eigenvalue weighted by molar-refractivity contribution is -0.122. The number of hydrogen-bond acceptors (Lipinski definition) is 3. The average molecular weight is 292 g/mol. The number of furan rings is 1. The summed E-state index contributed by atoms with van der Waals surface area (Å²) in [4.78, 5) is 26.0. The molecule has 1 aromatic heterocycles. The van der Waals surface area contributed by atoms with Crippen LogP contribution in [0.15, 0.2) is 10.7 Å². The summed E-state index contributed by atoms with van der Waals surface area (Å²) in [6.45, 7) is 7.10. The van der Waals surface area contributed by atoms with Crippen molar-refractivity contribution in [3.63, 3.8) is 0 Å². The van der Waals surface area contributed by atoms with Crippen LogP contribution in [-0.2, 0) is 4.79 Å². The van der Waals surface area contributed by atoms with Gasteiger partial charge in [-0.25, -0.2) is 0 Å². The van der Waals surface area contributed by atoms with E-state index in [-0.39, 0.29) is 17.9 Å². The van der Waals surface area contributed by atoms with Gasteiger partial charge < -0.3 is 14.6 Å². The third-order valence-corrected chi connectivity index (χ3v) is 4.03. The first-order valence-corrected chi connectivity index (χ1v) is 7.66. The second-order valence-electron chi connectivity index (χ2n) is 5.78. The molecule has 116 valence electrons. The molecule has 21 heavy (non-hydrogen) atoms. The topological polar surface area (TPSA) is 62.6 Å². The molecule has 1 aliphatic heterocycles. The van der Waals surface area contributed by atoms with Crippen LogP contribution in [0.4, 0.5) is 0 Å². The molecule has 1 aromatic rings. The van der Waals surface area contributed by atoms with Crippen LogP contribution >= 0.6 is 0 Å². The molecule has 2 amide bonds. The van der Waals surface area contributed by atoms with Gasteiger partial charge in [0.05, 0.1) is 6.26 Å². The predicted molar refractivity (Wildman–Crippen MR) is 80.2 cm³/mol. The maximum atomic E-state index is 12.5. The molecule has 1 atom stereocenters. The van der Waals surface area contributed by atoms with Crippen LogP contribution in [0, 0.1) is 13.8 Å². The molecule has 0 bridgehead atoms. The van der Waals surface area contributed by atoms with E-state index in [9.17, 15) is 9.59 Å². The van der Waals surface area contributed by atoms with E-state index in [2.05, 4.69) is 5.32 Å². The molecule has 1 N–H and O–H groups in total. The van der Waals surface area contributed by atoms with Gasteiger partial charge in [-0.3, -0.25) is 9.59 Å². The van der Waals surface area contributed by atoms with Crippen molar-refractivity contribution in [3.8, 4) is 0 Å². The summed E-state index contributed by atoms with van der Waals surface area (Å²) in [5, 5.41) is 3.01. The van der Waals surface area contributed by atoms with Gasteiger partial charge in [0.1, 0.15) is 0 Å². The number of hydrogen-bond donors (Lipinski definition) is 1. The van der Waals surface area contributed by atoms with Gasteiger partial charge in [-0.2, -0.15) is 0 Å². The minimum Gasteiger partial charge on any atom is -0.459 e. The number of likely N-dealkylation sites (tertiary alicyclic amines) is 1. The molecule has 0 aromatic carbocycles. The Morgan fingerprint density at radius 1 is 1.43 bits per heavy atom. The second-order valence-corrected chi connectivity index (χ2v) is 5.78. The van der Waals surface area contributed by atoms with Gasteiger partial charge in [-0.1, -0.05) is 6.92 Å². The molecule has 2 rings (SSSR count). The minimum absolute atomic E-state index is 0.0538. The zero-order chi connectivity index (χ0) is 15.4. The van der Waals surface area contributed by atoms with Crippen molar-refractivity contribution in [1.29, 1.82) is 0 Å². The van der Waals surface area contributed by atoms with Gasteiger partial charge in [0, 0.05) is 31.1 Å². The van der Waals surface area contributed by atoms with E-state index in [1.165, 1.54) is 0 Å². The molecule has 1 fully saturated rings. The van der Waals surface area contributed by atoms with E-state index in [1.54, 1.807) is 11.2 Å². The fourth-order valence-corrected chi connectivity index (χ4v) is 2.66. The molecule has 2 heterocycles. The lowest BCUT2D eigenvalue weighted by atomic mass is 10.0. The zero-order valence-electron chi connectivity index (χ0n) is 13.1. The van der Waals surface area contributed by atoms with Crippen molar-refractivity contribution >= 4 is 11.8 Å². The number of amides is 2. The first-order valence-electron chi connectivity index (χ1n) is 7.66. The molecule has 0 aliphatic carbocycles. The molecular weight excluding hydrogens is 268 g/mol. The Hall–Kier alpha value is -1.78. The Bertz CT molecular complexity index is 522. The normalized spacial score (nSPS) is 18.6. The Morgan fingerprint density at radius 3 is 2.81 bits per heavy atom. The first kappa shape index (κ1) is 15.6. The Balaban J connectivity index is 1.99. The molecule has 1 saturated heterocycles. The van der Waals surface area contributed by atoms with Crippen molar-refractivity contribution < 1.29 is 14.0 Å². The van der Waals surface area contributed by atoms with Crippen LogP contribution < -0.4 is 5.32 Å². The summed E-state index contributed by atoms with van der Waals surface area (Å²) < 4.78 is 5.39. The monoisotopic (exact) mass is 292 g/mol. The molecule has 1 unspecified atom stereocenters. The summed E-state index contributed by atoms with van der Waals surface area (Å²) in [7, 11) is 0. The summed E-state index contributed by atoms with van der Waals surface area (Å²) in [5.74, 6) is 0.421. The molecule has 0 saturated carbocycles. The van der Waals surface area contributed by atoms with E-state index in [4.69, 9.17) is 4.42 Å². The van der Waals surface area contributed by atoms with Crippen LogP contribution in [0.2, 0.25) is 0 Å². The van der Waals surface area contributed by atoms with Gasteiger partial charge in [0.25, 0.3) is 5.91 Å². The number of rotatable bonds is 4. The van der Waals surface area contributed by atoms with Gasteiger partial charge in [-0.15, -0.1) is 0 Å². The highest BCUT2D eigenvalue weighted by Crippen LogP contribution is 2.20. The van der Waals surface area contributed by atoms with E-state index in [0.717, 1.165) is 36.9 Å². The highest BCUT2D eigenvalue weighted by molar-refractivity contribution is 5.93. The number of nitrogens with zero attached hydrogens (tertiary/aromatic N) is 1. The quantitative estimate of drug-likeness (QED) is 0.927. The maximum Gasteiger partial charge on any atom is 0.289 e. The van der Waals surface area contributed by atoms with Crippen molar-refractivity contribution in [2.24, 2.45) is 0 Å². The van der Waals surface area contributed by atoms with Crippen LogP contribution in [0.25, 0.3) is 0 Å². The molecule has 0 spiro atoms. The molecule has 0 radical (unpaired) electrons. The number of aryl methyl sites for hydroxylation is 1. The van der Waals surface area contributed by atoms with E-state index >= 15 is 0 Å². The standard InChI is InChI=1S/C16H24N2O3/c1-4-6-14(19)17-13-7-5-8-18(9-13)16(20)15-12(3)11(2)10-21-15/h10,13H,4-9H2,1-3H3,(H,17,19). The number of nitrogens with one attached hydrogen (secondary N) is 1. The summed E-state index contributed by atoms with van der Waals surface area (Å²) in [6.07, 6.45) is 4.83. The zero-order valence-corrected chi connectivity index (χ0v) is 13.1. The average Bonchev–Trinajstić information content (AvgIpc) is 2.79. The Labute approximate surface area is 125 Å². The number of carbonyl (C=O) groups excluding carboxylic acids is 2. The van der Waals surface area contributed by atoms with Crippen molar-refractivity contribution in [3.05, 3.63) is 23.2 Å². The summed E-state index contributed by atoms with van der Waals surface area (Å²) >= 11 is 0. The summed E-state index contributed by atoms with van der Waals surface area (Å²) in [6, 6.07) is 0.0538. The van der Waals surface area contributed by atoms with E-state index in [1.807, 2.05) is 20.8 Å². The SMILES string of the molecule is CCCC(=O)NC1CCCN(C(=O)c2occ(C)c2C)C1. The second kappa shape index (κ2) is 6.78. The largest absolute Gasteiger partial charge is 0.459 e. The van der Waals surface area contributed by atoms with Crippen LogP contribution in [-0.4, -0.2) is 35.8 Å². The molecule has 5 heteroatoms. The number of carbonyl (C=O) groups is 2. The van der Waals surface area contributed by atoms with E-state index in [0.29, 0.717) is 18.7 Å². The molecule has 1 aliphatic rings. The third-order valence-electron chi connectivity index (χ3n) is 4.03. The van der Waals surface area contributed by atoms with Gasteiger partial charge in [0.15, 0.2) is 5.76 Å². The first-order chi connectivity index (χ1) is 10.0. The van der Waals surface area contributed by atoms with Crippen LogP contribution in [0.3, 0.4) is 0 Å². The van der Waals surface area contributed by atoms with Crippen molar-refractivity contribution in [2.45, 2.75) is 52.5 Å². The molecular formula is C16H24N2O3. The smallest absolute Gasteiger partial charge is 0.289 e. The van der Waals surface area contributed by atoms with Crippen LogP contribution in [0.5, 0.6) is 0 Å². The molecule has 5 nitrogen and oxygen atoms in total. The lowest BCUT2D eigenvalue weighted by Crippen LogP contribution is -2.49. The third kappa shape index (κ3) is 3.65. The van der Waals surface area contributed by atoms with E-state index < -0.39 is 0 Å². The fraction of sp³-hybridized carbons (Fsp3) is 0.625. The van der Waals surface area contributed by atoms with Crippen molar-refractivity contribution in [2.75, 3.05) is 13.1 Å². The van der Waals surface area contributed by atoms with Gasteiger partial charge >= 0.3 is 0 Å². The van der Waals surface area contributed by atoms with Gasteiger partial charge in [0.2, 0.25) is 5.91 Å². The van der Waals surface area contributed by atoms with Gasteiger partial charge in [-0.05, 0) is 38.7 Å². The van der Waals surface area contributed by atoms with Crippen LogP contribution in [0.1, 0.15) is 54.3 Å². The Morgan fingerprint density at radius 2 is 2.19 bits per heavy atom. The highest BCUT2D eigenvalue weighted by atomic mass is 16.3. The lowest BCUT2D eigenvalue weighted by Gasteiger charge is -2.32. The van der Waals surface area contributed by atoms with Crippen molar-refractivity contribution in [1.82, 2.24) is 10.2 Å². The minimum atomic E-state index is -0.0740. The predicted octanol–water partition coefficient (Wildman–Crippen LogP) is 2.42. The fourth-order valence-electron chi connectivity index (χ4n) is 2.66. The highest BCUT2D eigenvalue weighted by Gasteiger charge is 2.28. The maximum absolute atomic E-state index is 12.5. The number of piperidine rings is 1.